The van der Waals surface area contributed by atoms with Crippen molar-refractivity contribution in [2.24, 2.45) is 5.92 Å². The second-order valence-corrected chi connectivity index (χ2v) is 5.35. The summed E-state index contributed by atoms with van der Waals surface area (Å²) in [5, 5.41) is 3.28. The van der Waals surface area contributed by atoms with Gasteiger partial charge in [0.15, 0.2) is 5.82 Å². The van der Waals surface area contributed by atoms with Gasteiger partial charge in [0.05, 0.1) is 0 Å². The normalized spacial score (nSPS) is 19.1. The third kappa shape index (κ3) is 3.82. The zero-order chi connectivity index (χ0) is 14.4. The first-order valence-electron chi connectivity index (χ1n) is 7.62. The van der Waals surface area contributed by atoms with Gasteiger partial charge in [0.25, 0.3) is 0 Å². The topological polar surface area (TPSA) is 50.3 Å². The van der Waals surface area contributed by atoms with E-state index >= 15 is 0 Å². The SMILES string of the molecule is CCNc1cc(N2CCCC(CC)C2)nc(COC)n1. The van der Waals surface area contributed by atoms with E-state index in [2.05, 4.69) is 40.1 Å². The summed E-state index contributed by atoms with van der Waals surface area (Å²) in [6, 6.07) is 2.06. The fourth-order valence-corrected chi connectivity index (χ4v) is 2.72. The molecule has 0 saturated carbocycles. The van der Waals surface area contributed by atoms with E-state index in [0.717, 1.165) is 43.0 Å². The Morgan fingerprint density at radius 3 is 2.95 bits per heavy atom. The van der Waals surface area contributed by atoms with Gasteiger partial charge in [-0.15, -0.1) is 0 Å². The summed E-state index contributed by atoms with van der Waals surface area (Å²) in [6.45, 7) is 7.86. The lowest BCUT2D eigenvalue weighted by Crippen LogP contribution is -2.36. The highest BCUT2D eigenvalue weighted by molar-refractivity contribution is 5.49. The Morgan fingerprint density at radius 2 is 2.25 bits per heavy atom. The van der Waals surface area contributed by atoms with Crippen LogP contribution >= 0.6 is 0 Å². The van der Waals surface area contributed by atoms with Gasteiger partial charge in [-0.2, -0.15) is 0 Å². The van der Waals surface area contributed by atoms with E-state index in [1.165, 1.54) is 19.3 Å². The van der Waals surface area contributed by atoms with E-state index in [-0.39, 0.29) is 0 Å². The molecule has 1 aromatic heterocycles. The third-order valence-corrected chi connectivity index (χ3v) is 3.81. The van der Waals surface area contributed by atoms with Crippen molar-refractivity contribution in [1.29, 1.82) is 0 Å². The van der Waals surface area contributed by atoms with Crippen molar-refractivity contribution >= 4 is 11.6 Å². The predicted octanol–water partition coefficient (Wildman–Crippen LogP) is 2.68. The smallest absolute Gasteiger partial charge is 0.158 e. The number of hydrogen-bond acceptors (Lipinski definition) is 5. The summed E-state index contributed by atoms with van der Waals surface area (Å²) in [5.41, 5.74) is 0. The molecule has 20 heavy (non-hydrogen) atoms. The summed E-state index contributed by atoms with van der Waals surface area (Å²) in [4.78, 5) is 11.5. The van der Waals surface area contributed by atoms with Gasteiger partial charge in [0.2, 0.25) is 0 Å². The first-order valence-corrected chi connectivity index (χ1v) is 7.62. The molecule has 1 saturated heterocycles. The Hall–Kier alpha value is -1.36. The van der Waals surface area contributed by atoms with Gasteiger partial charge in [-0.1, -0.05) is 13.3 Å². The quantitative estimate of drug-likeness (QED) is 0.867. The molecule has 0 radical (unpaired) electrons. The summed E-state index contributed by atoms with van der Waals surface area (Å²) in [5.74, 6) is 3.45. The number of ether oxygens (including phenoxy) is 1. The molecule has 1 fully saturated rings. The van der Waals surface area contributed by atoms with Crippen LogP contribution in [0.3, 0.4) is 0 Å². The molecule has 1 aliphatic rings. The molecule has 5 heteroatoms. The Kier molecular flexibility index (Phi) is 5.59. The molecule has 2 rings (SSSR count). The lowest BCUT2D eigenvalue weighted by atomic mass is 9.96. The molecule has 1 N–H and O–H groups in total. The Labute approximate surface area is 121 Å². The molecule has 0 amide bonds. The molecule has 112 valence electrons. The number of piperidine rings is 1. The number of nitrogens with zero attached hydrogens (tertiary/aromatic N) is 3. The van der Waals surface area contributed by atoms with Crippen molar-refractivity contribution in [2.75, 3.05) is 37.0 Å². The van der Waals surface area contributed by atoms with Gasteiger partial charge in [-0.05, 0) is 25.7 Å². The van der Waals surface area contributed by atoms with Crippen molar-refractivity contribution in [3.63, 3.8) is 0 Å². The summed E-state index contributed by atoms with van der Waals surface area (Å²) < 4.78 is 5.17. The van der Waals surface area contributed by atoms with Gasteiger partial charge in [0, 0.05) is 32.8 Å². The van der Waals surface area contributed by atoms with E-state index < -0.39 is 0 Å². The van der Waals surface area contributed by atoms with Gasteiger partial charge in [-0.25, -0.2) is 9.97 Å². The maximum absolute atomic E-state index is 5.17. The Balaban J connectivity index is 2.19. The number of anilines is 2. The van der Waals surface area contributed by atoms with Crippen LogP contribution in [0.25, 0.3) is 0 Å². The largest absolute Gasteiger partial charge is 0.377 e. The van der Waals surface area contributed by atoms with Crippen molar-refractivity contribution in [3.05, 3.63) is 11.9 Å². The van der Waals surface area contributed by atoms with Crippen molar-refractivity contribution in [3.8, 4) is 0 Å². The number of nitrogens with one attached hydrogen (secondary N) is 1. The van der Waals surface area contributed by atoms with Crippen LogP contribution < -0.4 is 10.2 Å². The first kappa shape index (κ1) is 15.0. The number of methoxy groups -OCH3 is 1. The number of hydrogen-bond donors (Lipinski definition) is 1. The van der Waals surface area contributed by atoms with Crippen LogP contribution in [0.15, 0.2) is 6.07 Å². The fourth-order valence-electron chi connectivity index (χ4n) is 2.72. The highest BCUT2D eigenvalue weighted by atomic mass is 16.5. The maximum atomic E-state index is 5.17. The van der Waals surface area contributed by atoms with Crippen LogP contribution in [0.2, 0.25) is 0 Å². The number of rotatable bonds is 6. The molecule has 0 aromatic carbocycles. The molecule has 0 bridgehead atoms. The molecule has 1 aromatic rings. The minimum absolute atomic E-state index is 0.456. The molecule has 1 unspecified atom stereocenters. The average Bonchev–Trinajstić information content (AvgIpc) is 2.48. The second-order valence-electron chi connectivity index (χ2n) is 5.35. The summed E-state index contributed by atoms with van der Waals surface area (Å²) >= 11 is 0. The predicted molar refractivity (Wildman–Crippen MR) is 82.1 cm³/mol. The standard InChI is InChI=1S/C15H26N4O/c1-4-12-7-6-8-19(10-12)15-9-13(16-5-2)17-14(18-15)11-20-3/h9,12H,4-8,10-11H2,1-3H3,(H,16,17,18). The molecule has 0 spiro atoms. The van der Waals surface area contributed by atoms with Gasteiger partial charge in [-0.3, -0.25) is 0 Å². The average molecular weight is 278 g/mol. The lowest BCUT2D eigenvalue weighted by molar-refractivity contribution is 0.178. The minimum atomic E-state index is 0.456. The monoisotopic (exact) mass is 278 g/mol. The van der Waals surface area contributed by atoms with Crippen LogP contribution in [0.5, 0.6) is 0 Å². The first-order chi connectivity index (χ1) is 9.76. The second kappa shape index (κ2) is 7.43. The minimum Gasteiger partial charge on any atom is -0.377 e. The van der Waals surface area contributed by atoms with E-state index in [0.29, 0.717) is 6.61 Å². The zero-order valence-electron chi connectivity index (χ0n) is 12.9. The van der Waals surface area contributed by atoms with Crippen LogP contribution in [0.1, 0.15) is 38.9 Å². The highest BCUT2D eigenvalue weighted by Gasteiger charge is 2.20. The van der Waals surface area contributed by atoms with Gasteiger partial charge in [0.1, 0.15) is 18.2 Å². The van der Waals surface area contributed by atoms with E-state index in [4.69, 9.17) is 4.74 Å². The molecule has 2 heterocycles. The van der Waals surface area contributed by atoms with Crippen LogP contribution in [0, 0.1) is 5.92 Å². The van der Waals surface area contributed by atoms with Gasteiger partial charge >= 0.3 is 0 Å². The van der Waals surface area contributed by atoms with Gasteiger partial charge < -0.3 is 15.0 Å². The highest BCUT2D eigenvalue weighted by Crippen LogP contribution is 2.25. The summed E-state index contributed by atoms with van der Waals surface area (Å²) in [6.07, 6.45) is 3.83. The molecular formula is C15H26N4O. The van der Waals surface area contributed by atoms with E-state index in [1.54, 1.807) is 7.11 Å². The molecule has 1 atom stereocenters. The van der Waals surface area contributed by atoms with Crippen LogP contribution in [-0.4, -0.2) is 36.7 Å². The molecule has 0 aliphatic carbocycles. The molecule has 5 nitrogen and oxygen atoms in total. The van der Waals surface area contributed by atoms with Crippen LogP contribution in [0.4, 0.5) is 11.6 Å². The van der Waals surface area contributed by atoms with Crippen molar-refractivity contribution < 1.29 is 4.74 Å². The van der Waals surface area contributed by atoms with E-state index in [1.807, 2.05) is 0 Å². The number of aromatic nitrogens is 2. The fraction of sp³-hybridized carbons (Fsp3) is 0.733. The van der Waals surface area contributed by atoms with Crippen LogP contribution in [-0.2, 0) is 11.3 Å². The maximum Gasteiger partial charge on any atom is 0.158 e. The Morgan fingerprint density at radius 1 is 1.40 bits per heavy atom. The zero-order valence-corrected chi connectivity index (χ0v) is 12.9. The summed E-state index contributed by atoms with van der Waals surface area (Å²) in [7, 11) is 1.68. The third-order valence-electron chi connectivity index (χ3n) is 3.81. The molecule has 1 aliphatic heterocycles. The van der Waals surface area contributed by atoms with E-state index in [9.17, 15) is 0 Å². The van der Waals surface area contributed by atoms with Crippen molar-refractivity contribution in [2.45, 2.75) is 39.7 Å². The Bertz CT molecular complexity index is 400. The lowest BCUT2D eigenvalue weighted by Gasteiger charge is -2.33. The van der Waals surface area contributed by atoms with Crippen molar-refractivity contribution in [1.82, 2.24) is 9.97 Å². The molecular weight excluding hydrogens is 252 g/mol.